The van der Waals surface area contributed by atoms with Crippen LogP contribution >= 0.6 is 0 Å². The Hall–Kier alpha value is -1.43. The molecule has 16 heavy (non-hydrogen) atoms. The van der Waals surface area contributed by atoms with Crippen molar-refractivity contribution in [2.24, 2.45) is 7.05 Å². The van der Waals surface area contributed by atoms with Crippen molar-refractivity contribution in [1.29, 1.82) is 0 Å². The molecule has 0 radical (unpaired) electrons. The fourth-order valence-electron chi connectivity index (χ4n) is 1.21. The highest BCUT2D eigenvalue weighted by molar-refractivity contribution is 5.75. The van der Waals surface area contributed by atoms with Gasteiger partial charge < -0.3 is 15.2 Å². The third kappa shape index (κ3) is 4.39. The Labute approximate surface area is 95.4 Å². The highest BCUT2D eigenvalue weighted by Crippen LogP contribution is 1.90. The highest BCUT2D eigenvalue weighted by atomic mass is 16.1. The summed E-state index contributed by atoms with van der Waals surface area (Å²) in [4.78, 5) is 11.4. The lowest BCUT2D eigenvalue weighted by molar-refractivity contribution is -0.121. The summed E-state index contributed by atoms with van der Waals surface area (Å²) in [5, 5.41) is 13.6. The molecule has 0 saturated carbocycles. The van der Waals surface area contributed by atoms with Crippen molar-refractivity contribution < 1.29 is 4.79 Å². The molecule has 2 N–H and O–H groups in total. The second kappa shape index (κ2) is 6.22. The number of amides is 1. The number of carbonyl (C=O) groups is 1. The van der Waals surface area contributed by atoms with E-state index in [4.69, 9.17) is 0 Å². The summed E-state index contributed by atoms with van der Waals surface area (Å²) >= 11 is 0. The van der Waals surface area contributed by atoms with E-state index in [1.165, 1.54) is 0 Å². The van der Waals surface area contributed by atoms with Crippen LogP contribution in [0.15, 0.2) is 6.33 Å². The van der Waals surface area contributed by atoms with Gasteiger partial charge in [0, 0.05) is 26.1 Å². The smallest absolute Gasteiger partial charge is 0.221 e. The van der Waals surface area contributed by atoms with E-state index in [1.807, 2.05) is 7.05 Å². The number of aryl methyl sites for hydroxylation is 1. The molecule has 0 aliphatic carbocycles. The minimum absolute atomic E-state index is 0.0242. The molecule has 0 bridgehead atoms. The maximum atomic E-state index is 11.4. The highest BCUT2D eigenvalue weighted by Gasteiger charge is 2.04. The number of nitrogens with zero attached hydrogens (tertiary/aromatic N) is 3. The molecule has 0 fully saturated rings. The zero-order valence-electron chi connectivity index (χ0n) is 10.0. The molecule has 90 valence electrons. The molecule has 1 rings (SSSR count). The molecule has 0 aliphatic heterocycles. The fourth-order valence-corrected chi connectivity index (χ4v) is 1.21. The van der Waals surface area contributed by atoms with Gasteiger partial charge in [0.05, 0.1) is 6.54 Å². The van der Waals surface area contributed by atoms with Gasteiger partial charge in [0.25, 0.3) is 0 Å². The summed E-state index contributed by atoms with van der Waals surface area (Å²) < 4.78 is 1.78. The van der Waals surface area contributed by atoms with E-state index in [9.17, 15) is 4.79 Å². The molecule has 1 amide bonds. The Balaban J connectivity index is 2.18. The Morgan fingerprint density at radius 2 is 2.31 bits per heavy atom. The monoisotopic (exact) mass is 225 g/mol. The average Bonchev–Trinajstić information content (AvgIpc) is 2.60. The van der Waals surface area contributed by atoms with E-state index in [-0.39, 0.29) is 5.91 Å². The zero-order chi connectivity index (χ0) is 12.0. The molecular formula is C10H19N5O. The van der Waals surface area contributed by atoms with Gasteiger partial charge in [0.1, 0.15) is 6.33 Å². The fraction of sp³-hybridized carbons (Fsp3) is 0.700. The minimum Gasteiger partial charge on any atom is -0.349 e. The van der Waals surface area contributed by atoms with Gasteiger partial charge in [-0.3, -0.25) is 4.79 Å². The summed E-state index contributed by atoms with van der Waals surface area (Å²) in [5.41, 5.74) is 0. The number of aromatic nitrogens is 3. The first-order chi connectivity index (χ1) is 7.59. The standard InChI is InChI=1S/C10H19N5O/c1-8(2)11-5-4-10(16)12-6-9-14-13-7-15(9)3/h7-8,11H,4-6H2,1-3H3,(H,12,16). The lowest BCUT2D eigenvalue weighted by Gasteiger charge is -2.08. The molecule has 0 aliphatic rings. The normalized spacial score (nSPS) is 10.8. The molecule has 6 heteroatoms. The largest absolute Gasteiger partial charge is 0.349 e. The maximum absolute atomic E-state index is 11.4. The van der Waals surface area contributed by atoms with Crippen LogP contribution in [0.1, 0.15) is 26.1 Å². The van der Waals surface area contributed by atoms with Gasteiger partial charge in [-0.1, -0.05) is 13.8 Å². The second-order valence-electron chi connectivity index (χ2n) is 3.99. The number of rotatable bonds is 6. The lowest BCUT2D eigenvalue weighted by Crippen LogP contribution is -2.30. The number of nitrogens with one attached hydrogen (secondary N) is 2. The lowest BCUT2D eigenvalue weighted by atomic mass is 10.3. The maximum Gasteiger partial charge on any atom is 0.221 e. The average molecular weight is 225 g/mol. The quantitative estimate of drug-likeness (QED) is 0.704. The predicted octanol–water partition coefficient (Wildman–Crippen LogP) is -0.181. The Morgan fingerprint density at radius 3 is 2.88 bits per heavy atom. The van der Waals surface area contributed by atoms with Crippen molar-refractivity contribution in [3.8, 4) is 0 Å². The molecule has 0 unspecified atom stereocenters. The van der Waals surface area contributed by atoms with Crippen LogP contribution in [0.2, 0.25) is 0 Å². The van der Waals surface area contributed by atoms with Gasteiger partial charge in [-0.05, 0) is 0 Å². The molecule has 0 atom stereocenters. The summed E-state index contributed by atoms with van der Waals surface area (Å²) in [6.07, 6.45) is 2.10. The van der Waals surface area contributed by atoms with Crippen LogP contribution < -0.4 is 10.6 Å². The van der Waals surface area contributed by atoms with Crippen molar-refractivity contribution in [1.82, 2.24) is 25.4 Å². The molecular weight excluding hydrogens is 206 g/mol. The Bertz CT molecular complexity index is 334. The molecule has 6 nitrogen and oxygen atoms in total. The Morgan fingerprint density at radius 1 is 1.56 bits per heavy atom. The first-order valence-electron chi connectivity index (χ1n) is 5.42. The van der Waals surface area contributed by atoms with Gasteiger partial charge in [-0.2, -0.15) is 0 Å². The molecule has 0 aromatic carbocycles. The summed E-state index contributed by atoms with van der Waals surface area (Å²) in [6.45, 7) is 5.23. The van der Waals surface area contributed by atoms with Crippen LogP contribution in [-0.4, -0.2) is 33.3 Å². The van der Waals surface area contributed by atoms with E-state index in [2.05, 4.69) is 34.7 Å². The number of hydrogen-bond donors (Lipinski definition) is 2. The van der Waals surface area contributed by atoms with Gasteiger partial charge in [-0.15, -0.1) is 10.2 Å². The third-order valence-electron chi connectivity index (χ3n) is 2.15. The molecule has 1 aromatic heterocycles. The minimum atomic E-state index is 0.0242. The third-order valence-corrected chi connectivity index (χ3v) is 2.15. The van der Waals surface area contributed by atoms with Crippen molar-refractivity contribution in [2.45, 2.75) is 32.9 Å². The van der Waals surface area contributed by atoms with Crippen LogP contribution in [0.4, 0.5) is 0 Å². The van der Waals surface area contributed by atoms with E-state index in [0.29, 0.717) is 25.6 Å². The predicted molar refractivity (Wildman–Crippen MR) is 60.6 cm³/mol. The van der Waals surface area contributed by atoms with E-state index in [0.717, 1.165) is 5.82 Å². The topological polar surface area (TPSA) is 71.8 Å². The van der Waals surface area contributed by atoms with Crippen LogP contribution in [0.5, 0.6) is 0 Å². The van der Waals surface area contributed by atoms with Gasteiger partial charge >= 0.3 is 0 Å². The molecule has 0 spiro atoms. The van der Waals surface area contributed by atoms with Gasteiger partial charge in [0.2, 0.25) is 5.91 Å². The Kier molecular flexibility index (Phi) is 4.91. The van der Waals surface area contributed by atoms with Crippen LogP contribution in [-0.2, 0) is 18.4 Å². The van der Waals surface area contributed by atoms with E-state index in [1.54, 1.807) is 10.9 Å². The van der Waals surface area contributed by atoms with E-state index >= 15 is 0 Å². The second-order valence-corrected chi connectivity index (χ2v) is 3.99. The number of hydrogen-bond acceptors (Lipinski definition) is 4. The molecule has 1 aromatic rings. The SMILES string of the molecule is CC(C)NCCC(=O)NCc1nncn1C. The van der Waals surface area contributed by atoms with Gasteiger partial charge in [-0.25, -0.2) is 0 Å². The van der Waals surface area contributed by atoms with Crippen molar-refractivity contribution in [3.63, 3.8) is 0 Å². The first-order valence-corrected chi connectivity index (χ1v) is 5.42. The van der Waals surface area contributed by atoms with Gasteiger partial charge in [0.15, 0.2) is 5.82 Å². The van der Waals surface area contributed by atoms with Crippen molar-refractivity contribution in [3.05, 3.63) is 12.2 Å². The number of carbonyl (C=O) groups excluding carboxylic acids is 1. The van der Waals surface area contributed by atoms with Crippen molar-refractivity contribution in [2.75, 3.05) is 6.54 Å². The van der Waals surface area contributed by atoms with E-state index < -0.39 is 0 Å². The summed E-state index contributed by atoms with van der Waals surface area (Å²) in [7, 11) is 1.85. The zero-order valence-corrected chi connectivity index (χ0v) is 10.0. The van der Waals surface area contributed by atoms with Crippen LogP contribution in [0, 0.1) is 0 Å². The molecule has 0 saturated heterocycles. The van der Waals surface area contributed by atoms with Crippen LogP contribution in [0.3, 0.4) is 0 Å². The summed E-state index contributed by atoms with van der Waals surface area (Å²) in [5.74, 6) is 0.779. The molecule has 1 heterocycles. The van der Waals surface area contributed by atoms with Crippen molar-refractivity contribution >= 4 is 5.91 Å². The van der Waals surface area contributed by atoms with Crippen LogP contribution in [0.25, 0.3) is 0 Å². The summed E-state index contributed by atoms with van der Waals surface area (Å²) in [6, 6.07) is 0.409. The first kappa shape index (κ1) is 12.6.